The predicted molar refractivity (Wildman–Crippen MR) is 58.0 cm³/mol. The molecular formula is C9H21N3O3. The Morgan fingerprint density at radius 2 is 2.07 bits per heavy atom. The number of carboxylic acid groups (broad SMARTS) is 1. The standard InChI is InChI=1S/C6H14N2O.C3H7NO2/c9-6-5-8-3-1-7-2-4-8;1-4-2-3(5)6/h7,9H,1-6H2;4H,2H2,1H3,(H,5,6). The molecule has 0 unspecified atom stereocenters. The van der Waals surface area contributed by atoms with Gasteiger partial charge in [0, 0.05) is 32.7 Å². The highest BCUT2D eigenvalue weighted by Gasteiger charge is 2.06. The average molecular weight is 219 g/mol. The number of aliphatic hydroxyl groups excluding tert-OH is 1. The van der Waals surface area contributed by atoms with E-state index in [0.717, 1.165) is 32.7 Å². The lowest BCUT2D eigenvalue weighted by atomic mass is 10.4. The summed E-state index contributed by atoms with van der Waals surface area (Å²) in [5.74, 6) is -0.822. The van der Waals surface area contributed by atoms with E-state index in [-0.39, 0.29) is 6.54 Å². The van der Waals surface area contributed by atoms with Gasteiger partial charge < -0.3 is 20.8 Å². The minimum Gasteiger partial charge on any atom is -0.480 e. The Labute approximate surface area is 90.3 Å². The van der Waals surface area contributed by atoms with Crippen LogP contribution in [-0.2, 0) is 4.79 Å². The van der Waals surface area contributed by atoms with Crippen LogP contribution in [0.25, 0.3) is 0 Å². The highest BCUT2D eigenvalue weighted by Crippen LogP contribution is 1.88. The number of aliphatic hydroxyl groups is 1. The second-order valence-electron chi connectivity index (χ2n) is 3.24. The van der Waals surface area contributed by atoms with E-state index in [1.165, 1.54) is 0 Å². The maximum absolute atomic E-state index is 9.54. The third kappa shape index (κ3) is 9.61. The van der Waals surface area contributed by atoms with Gasteiger partial charge in [0.15, 0.2) is 0 Å². The van der Waals surface area contributed by atoms with Crippen LogP contribution < -0.4 is 10.6 Å². The van der Waals surface area contributed by atoms with Gasteiger partial charge in [-0.25, -0.2) is 0 Å². The molecule has 1 aliphatic rings. The highest BCUT2D eigenvalue weighted by molar-refractivity contribution is 5.68. The van der Waals surface area contributed by atoms with E-state index in [0.29, 0.717) is 6.61 Å². The molecule has 1 aliphatic heterocycles. The fraction of sp³-hybridized carbons (Fsp3) is 0.889. The zero-order valence-electron chi connectivity index (χ0n) is 9.20. The Hall–Kier alpha value is -0.690. The molecule has 0 amide bonds. The molecule has 0 saturated carbocycles. The van der Waals surface area contributed by atoms with Crippen molar-refractivity contribution < 1.29 is 15.0 Å². The lowest BCUT2D eigenvalue weighted by Gasteiger charge is -2.25. The van der Waals surface area contributed by atoms with Gasteiger partial charge in [-0.1, -0.05) is 0 Å². The Kier molecular flexibility index (Phi) is 9.40. The molecule has 15 heavy (non-hydrogen) atoms. The number of piperazine rings is 1. The zero-order valence-corrected chi connectivity index (χ0v) is 9.20. The van der Waals surface area contributed by atoms with E-state index in [1.54, 1.807) is 7.05 Å². The molecule has 1 rings (SSSR count). The van der Waals surface area contributed by atoms with E-state index in [1.807, 2.05) is 0 Å². The lowest BCUT2D eigenvalue weighted by molar-refractivity contribution is -0.135. The van der Waals surface area contributed by atoms with E-state index in [9.17, 15) is 4.79 Å². The summed E-state index contributed by atoms with van der Waals surface area (Å²) in [4.78, 5) is 11.8. The van der Waals surface area contributed by atoms with Crippen LogP contribution in [-0.4, -0.2) is 74.0 Å². The first-order valence-corrected chi connectivity index (χ1v) is 5.11. The summed E-state index contributed by atoms with van der Waals surface area (Å²) >= 11 is 0. The molecule has 0 atom stereocenters. The molecule has 90 valence electrons. The maximum atomic E-state index is 9.54. The lowest BCUT2D eigenvalue weighted by Crippen LogP contribution is -2.44. The molecule has 4 N–H and O–H groups in total. The number of hydrogen-bond acceptors (Lipinski definition) is 5. The molecule has 0 aromatic heterocycles. The van der Waals surface area contributed by atoms with Gasteiger partial charge in [-0.3, -0.25) is 9.69 Å². The number of carbonyl (C=O) groups is 1. The second kappa shape index (κ2) is 9.85. The normalized spacial score (nSPS) is 16.7. The number of nitrogens with zero attached hydrogens (tertiary/aromatic N) is 1. The van der Waals surface area contributed by atoms with Crippen LogP contribution in [0.3, 0.4) is 0 Å². The Morgan fingerprint density at radius 3 is 2.40 bits per heavy atom. The Morgan fingerprint density at radius 1 is 1.47 bits per heavy atom. The van der Waals surface area contributed by atoms with Crippen molar-refractivity contribution >= 4 is 5.97 Å². The summed E-state index contributed by atoms with van der Waals surface area (Å²) in [7, 11) is 1.59. The van der Waals surface area contributed by atoms with E-state index in [2.05, 4.69) is 15.5 Å². The number of rotatable bonds is 4. The quantitative estimate of drug-likeness (QED) is 0.445. The van der Waals surface area contributed by atoms with Crippen LogP contribution in [0.15, 0.2) is 0 Å². The third-order valence-corrected chi connectivity index (χ3v) is 1.95. The number of likely N-dealkylation sites (N-methyl/N-ethyl adjacent to an activating group) is 1. The third-order valence-electron chi connectivity index (χ3n) is 1.95. The first-order valence-electron chi connectivity index (χ1n) is 5.11. The molecule has 1 fully saturated rings. The van der Waals surface area contributed by atoms with Crippen LogP contribution in [0.4, 0.5) is 0 Å². The molecule has 0 aromatic rings. The molecule has 6 heteroatoms. The topological polar surface area (TPSA) is 84.8 Å². The summed E-state index contributed by atoms with van der Waals surface area (Å²) in [6.45, 7) is 5.48. The summed E-state index contributed by atoms with van der Waals surface area (Å²) < 4.78 is 0. The molecule has 0 bridgehead atoms. The largest absolute Gasteiger partial charge is 0.480 e. The number of aliphatic carboxylic acids is 1. The van der Waals surface area contributed by atoms with Crippen molar-refractivity contribution in [3.63, 3.8) is 0 Å². The highest BCUT2D eigenvalue weighted by atomic mass is 16.4. The molecule has 0 radical (unpaired) electrons. The van der Waals surface area contributed by atoms with Gasteiger partial charge in [0.1, 0.15) is 0 Å². The van der Waals surface area contributed by atoms with Crippen LogP contribution in [0.5, 0.6) is 0 Å². The number of hydrogen-bond donors (Lipinski definition) is 4. The van der Waals surface area contributed by atoms with E-state index >= 15 is 0 Å². The predicted octanol–water partition coefficient (Wildman–Crippen LogP) is -1.83. The van der Waals surface area contributed by atoms with Crippen molar-refractivity contribution in [2.45, 2.75) is 0 Å². The van der Waals surface area contributed by atoms with Gasteiger partial charge >= 0.3 is 5.97 Å². The molecule has 1 saturated heterocycles. The van der Waals surface area contributed by atoms with E-state index in [4.69, 9.17) is 10.2 Å². The van der Waals surface area contributed by atoms with Crippen molar-refractivity contribution in [3.05, 3.63) is 0 Å². The molecule has 0 spiro atoms. The minimum atomic E-state index is -0.822. The SMILES string of the molecule is CNCC(=O)O.OCCN1CCNCC1. The Bertz CT molecular complexity index is 158. The second-order valence-corrected chi connectivity index (χ2v) is 3.24. The molecular weight excluding hydrogens is 198 g/mol. The molecule has 0 aliphatic carbocycles. The van der Waals surface area contributed by atoms with Gasteiger partial charge in [-0.15, -0.1) is 0 Å². The first-order chi connectivity index (χ1) is 7.20. The van der Waals surface area contributed by atoms with Gasteiger partial charge in [-0.05, 0) is 7.05 Å². The summed E-state index contributed by atoms with van der Waals surface area (Å²) in [5.41, 5.74) is 0. The van der Waals surface area contributed by atoms with Gasteiger partial charge in [0.05, 0.1) is 13.2 Å². The van der Waals surface area contributed by atoms with Crippen molar-refractivity contribution in [1.29, 1.82) is 0 Å². The minimum absolute atomic E-state index is 0.0417. The zero-order chi connectivity index (χ0) is 11.5. The molecule has 0 aromatic carbocycles. The number of carboxylic acids is 1. The van der Waals surface area contributed by atoms with Crippen LogP contribution in [0.1, 0.15) is 0 Å². The summed E-state index contributed by atoms with van der Waals surface area (Å²) in [6.07, 6.45) is 0. The summed E-state index contributed by atoms with van der Waals surface area (Å²) in [5, 5.41) is 22.1. The first kappa shape index (κ1) is 14.3. The fourth-order valence-corrected chi connectivity index (χ4v) is 1.23. The number of nitrogens with one attached hydrogen (secondary N) is 2. The van der Waals surface area contributed by atoms with Crippen molar-refractivity contribution in [3.8, 4) is 0 Å². The Balaban J connectivity index is 0.000000288. The molecule has 1 heterocycles. The van der Waals surface area contributed by atoms with Crippen LogP contribution in [0.2, 0.25) is 0 Å². The molecule has 6 nitrogen and oxygen atoms in total. The number of β-amino-alcohol motifs (C(OH)–C–C–N with tert-alkyl or cyclic N) is 1. The maximum Gasteiger partial charge on any atom is 0.317 e. The monoisotopic (exact) mass is 219 g/mol. The van der Waals surface area contributed by atoms with Crippen LogP contribution >= 0.6 is 0 Å². The summed E-state index contributed by atoms with van der Waals surface area (Å²) in [6, 6.07) is 0. The van der Waals surface area contributed by atoms with Gasteiger partial charge in [0.2, 0.25) is 0 Å². The van der Waals surface area contributed by atoms with Crippen molar-refractivity contribution in [1.82, 2.24) is 15.5 Å². The van der Waals surface area contributed by atoms with Gasteiger partial charge in [-0.2, -0.15) is 0 Å². The smallest absolute Gasteiger partial charge is 0.317 e. The van der Waals surface area contributed by atoms with Crippen molar-refractivity contribution in [2.75, 3.05) is 52.9 Å². The van der Waals surface area contributed by atoms with Gasteiger partial charge in [0.25, 0.3) is 0 Å². The average Bonchev–Trinajstić information content (AvgIpc) is 2.20. The van der Waals surface area contributed by atoms with E-state index < -0.39 is 5.97 Å². The van der Waals surface area contributed by atoms with Crippen LogP contribution in [0, 0.1) is 0 Å². The van der Waals surface area contributed by atoms with Crippen molar-refractivity contribution in [2.24, 2.45) is 0 Å². The fourth-order valence-electron chi connectivity index (χ4n) is 1.23.